The van der Waals surface area contributed by atoms with Crippen LogP contribution in [0.1, 0.15) is 48.4 Å². The molecule has 2 aliphatic rings. The summed E-state index contributed by atoms with van der Waals surface area (Å²) >= 11 is 0. The van der Waals surface area contributed by atoms with Crippen molar-refractivity contribution in [2.24, 2.45) is 5.92 Å². The van der Waals surface area contributed by atoms with Gasteiger partial charge in [0.2, 0.25) is 12.4 Å². The Labute approximate surface area is 316 Å². The summed E-state index contributed by atoms with van der Waals surface area (Å²) in [6.45, 7) is 4.36. The van der Waals surface area contributed by atoms with Crippen LogP contribution in [0.15, 0.2) is 36.4 Å². The summed E-state index contributed by atoms with van der Waals surface area (Å²) in [4.78, 5) is 76.0. The van der Waals surface area contributed by atoms with Crippen molar-refractivity contribution in [2.45, 2.75) is 83.0 Å². The van der Waals surface area contributed by atoms with Gasteiger partial charge in [0.1, 0.15) is 55.8 Å². The van der Waals surface area contributed by atoms with Crippen LogP contribution in [0.4, 0.5) is 11.4 Å². The van der Waals surface area contributed by atoms with Crippen molar-refractivity contribution in [1.82, 2.24) is 0 Å². The Bertz CT molecular complexity index is 1720. The van der Waals surface area contributed by atoms with E-state index in [0.29, 0.717) is 12.6 Å². The number of hydrogen-bond donors (Lipinski definition) is 6. The Kier molecular flexibility index (Phi) is 17.8. The second-order valence-corrected chi connectivity index (χ2v) is 11.9. The fourth-order valence-electron chi connectivity index (χ4n) is 5.02. The molecule has 2 saturated heterocycles. The lowest BCUT2D eigenvalue weighted by atomic mass is 9.90. The number of aliphatic hydroxyl groups is 5. The second-order valence-electron chi connectivity index (χ2n) is 11.9. The fourth-order valence-corrected chi connectivity index (χ4v) is 5.02. The number of rotatable bonds is 11. The monoisotopic (exact) mass is 800 g/mol. The summed E-state index contributed by atoms with van der Waals surface area (Å²) < 4.78 is 31.7. The van der Waals surface area contributed by atoms with Crippen LogP contribution >= 0.6 is 0 Å². The van der Waals surface area contributed by atoms with Gasteiger partial charge in [0.05, 0.1) is 16.5 Å². The Hall–Kier alpha value is -5.69. The molecule has 2 heterocycles. The highest BCUT2D eigenvalue weighted by molar-refractivity contribution is 5.77. The lowest BCUT2D eigenvalue weighted by Crippen LogP contribution is -2.59. The third-order valence-electron chi connectivity index (χ3n) is 7.82. The largest absolute Gasteiger partial charge is 0.502 e. The third kappa shape index (κ3) is 13.0. The van der Waals surface area contributed by atoms with Crippen LogP contribution in [-0.2, 0) is 38.1 Å². The van der Waals surface area contributed by atoms with E-state index >= 15 is 0 Å². The zero-order valence-corrected chi connectivity index (χ0v) is 30.0. The molecule has 23 nitrogen and oxygen atoms in total. The summed E-state index contributed by atoms with van der Waals surface area (Å²) in [7, 11) is 0. The Balaban J connectivity index is 0.000000365. The van der Waals surface area contributed by atoms with Crippen LogP contribution in [0.2, 0.25) is 0 Å². The molecule has 0 aliphatic carbocycles. The fraction of sp³-hybridized carbons (Fsp3) is 0.485. The van der Waals surface area contributed by atoms with Crippen molar-refractivity contribution < 1.29 is 92.9 Å². The molecule has 0 amide bonds. The number of carbonyl (C=O) groups is 5. The number of phenols is 1. The smallest absolute Gasteiger partial charge is 0.311 e. The molecule has 0 saturated carbocycles. The van der Waals surface area contributed by atoms with Gasteiger partial charge in [-0.3, -0.25) is 44.2 Å². The second kappa shape index (κ2) is 21.4. The van der Waals surface area contributed by atoms with Gasteiger partial charge in [0, 0.05) is 49.9 Å². The summed E-state index contributed by atoms with van der Waals surface area (Å²) in [6, 6.07) is 6.92. The quantitative estimate of drug-likeness (QED) is 0.0546. The minimum absolute atomic E-state index is 0.0456. The normalized spacial score (nSPS) is 26.7. The van der Waals surface area contributed by atoms with Gasteiger partial charge in [-0.05, 0) is 24.3 Å². The van der Waals surface area contributed by atoms with E-state index in [4.69, 9.17) is 54.3 Å². The summed E-state index contributed by atoms with van der Waals surface area (Å²) in [5.74, 6) is -3.30. The van der Waals surface area contributed by atoms with Gasteiger partial charge in [0.25, 0.3) is 0 Å². The number of hydrogen-bond acceptors (Lipinski definition) is 21. The molecule has 10 atom stereocenters. The average molecular weight is 801 g/mol. The average Bonchev–Trinajstić information content (AvgIpc) is 3.14. The van der Waals surface area contributed by atoms with Gasteiger partial charge in [-0.25, -0.2) is 0 Å². The van der Waals surface area contributed by atoms with Crippen molar-refractivity contribution in [1.29, 1.82) is 0 Å². The Morgan fingerprint density at radius 3 is 1.80 bits per heavy atom. The van der Waals surface area contributed by atoms with E-state index in [2.05, 4.69) is 4.74 Å². The van der Waals surface area contributed by atoms with Crippen molar-refractivity contribution in [3.05, 3.63) is 67.8 Å². The highest BCUT2D eigenvalue weighted by atomic mass is 16.7. The van der Waals surface area contributed by atoms with E-state index in [-0.39, 0.29) is 23.5 Å². The Morgan fingerprint density at radius 2 is 1.30 bits per heavy atom. The standard InChI is InChI=1S/C20H23NO11.C7H5NO4.C6H12O6/c1-10-17(9-28-11(2)23)32-20(19(30-13(4)25)18(10)29-12(3)24)31-16-6-5-14(8-22)7-15(16)21(26)27;9-4-5-1-2-7(10)6(3-5)8(11)12;7-1-2-3(8)4(9)5(10)6(11)12-2/h5-8,10,17-20H,9H2,1-4H3;1-4,10H;2-11H,1H2/t10-,17-,18+,19+,20+;;2-,3-,4+,5+,6+/m1.1/s1. The molecule has 23 heteroatoms. The molecular weight excluding hydrogens is 760 g/mol. The number of aliphatic hydroxyl groups excluding tert-OH is 5. The van der Waals surface area contributed by atoms with Gasteiger partial charge in [-0.2, -0.15) is 0 Å². The summed E-state index contributed by atoms with van der Waals surface area (Å²) in [5, 5.41) is 75.3. The number of ether oxygens (including phenoxy) is 6. The maximum Gasteiger partial charge on any atom is 0.311 e. The minimum Gasteiger partial charge on any atom is -0.502 e. The molecule has 0 bridgehead atoms. The number of esters is 3. The zero-order valence-electron chi connectivity index (χ0n) is 30.0. The molecule has 2 aliphatic heterocycles. The number of nitrogens with zero attached hydrogens (tertiary/aromatic N) is 2. The first kappa shape index (κ1) is 46.5. The predicted octanol–water partition coefficient (Wildman–Crippen LogP) is -0.535. The van der Waals surface area contributed by atoms with Crippen LogP contribution < -0.4 is 4.74 Å². The lowest BCUT2D eigenvalue weighted by molar-refractivity contribution is -0.387. The molecule has 0 spiro atoms. The zero-order chi connectivity index (χ0) is 42.4. The van der Waals surface area contributed by atoms with Gasteiger partial charge in [-0.1, -0.05) is 6.92 Å². The van der Waals surface area contributed by atoms with Gasteiger partial charge < -0.3 is 59.1 Å². The number of aromatic hydroxyl groups is 1. The third-order valence-corrected chi connectivity index (χ3v) is 7.82. The van der Waals surface area contributed by atoms with Crippen LogP contribution in [0, 0.1) is 26.1 Å². The van der Waals surface area contributed by atoms with Crippen molar-refractivity contribution in [2.75, 3.05) is 13.2 Å². The van der Waals surface area contributed by atoms with Crippen molar-refractivity contribution >= 4 is 41.9 Å². The van der Waals surface area contributed by atoms with Gasteiger partial charge in [-0.15, -0.1) is 0 Å². The van der Waals surface area contributed by atoms with E-state index in [1.54, 1.807) is 6.92 Å². The van der Waals surface area contributed by atoms with Crippen LogP contribution in [-0.4, -0.2) is 139 Å². The minimum atomic E-state index is -1.57. The first-order valence-corrected chi connectivity index (χ1v) is 16.2. The summed E-state index contributed by atoms with van der Waals surface area (Å²) in [6.07, 6.45) is -10.8. The molecule has 0 radical (unpaired) electrons. The van der Waals surface area contributed by atoms with E-state index < -0.39 is 113 Å². The van der Waals surface area contributed by atoms with E-state index in [0.717, 1.165) is 32.0 Å². The van der Waals surface area contributed by atoms with Crippen molar-refractivity contribution in [3.8, 4) is 11.5 Å². The van der Waals surface area contributed by atoms with E-state index in [9.17, 15) is 44.2 Å². The molecular formula is C33H40N2O21. The van der Waals surface area contributed by atoms with Gasteiger partial charge >= 0.3 is 29.3 Å². The molecule has 56 heavy (non-hydrogen) atoms. The predicted molar refractivity (Wildman–Crippen MR) is 181 cm³/mol. The number of carbonyl (C=O) groups excluding carboxylic acids is 5. The lowest BCUT2D eigenvalue weighted by Gasteiger charge is -2.43. The number of phenolic OH excluding ortho intramolecular Hbond substituents is 1. The topological polar surface area (TPSA) is 348 Å². The molecule has 2 aromatic carbocycles. The molecule has 0 unspecified atom stereocenters. The van der Waals surface area contributed by atoms with Crippen LogP contribution in [0.25, 0.3) is 0 Å². The van der Waals surface area contributed by atoms with E-state index in [1.165, 1.54) is 25.1 Å². The number of aldehydes is 2. The Morgan fingerprint density at radius 1 is 0.768 bits per heavy atom. The highest BCUT2D eigenvalue weighted by Gasteiger charge is 2.50. The number of nitro groups is 2. The maximum absolute atomic E-state index is 11.7. The molecule has 0 aromatic heterocycles. The van der Waals surface area contributed by atoms with Crippen LogP contribution in [0.5, 0.6) is 11.5 Å². The number of benzene rings is 2. The van der Waals surface area contributed by atoms with Crippen LogP contribution in [0.3, 0.4) is 0 Å². The highest BCUT2D eigenvalue weighted by Crippen LogP contribution is 2.35. The molecule has 308 valence electrons. The molecule has 4 rings (SSSR count). The molecule has 2 aromatic rings. The number of nitro benzene ring substituents is 2. The maximum atomic E-state index is 11.7. The SMILES string of the molecule is CC(=O)OC[C@H]1O[C@H](Oc2ccc(C=O)cc2[N+](=O)[O-])[C@@H](OC(C)=O)[C@@H](OC(C)=O)[C@@H]1C.O=Cc1ccc(O)c([N+](=O)[O-])c1.OC[C@H]1O[C@H](O)[C@@H](O)[C@@H](O)[C@@H]1O. The van der Waals surface area contributed by atoms with Gasteiger partial charge in [0.15, 0.2) is 17.8 Å². The molecule has 2 fully saturated rings. The van der Waals surface area contributed by atoms with Crippen molar-refractivity contribution in [3.63, 3.8) is 0 Å². The van der Waals surface area contributed by atoms with E-state index in [1.807, 2.05) is 0 Å². The first-order chi connectivity index (χ1) is 26.2. The molecule has 6 N–H and O–H groups in total. The summed E-state index contributed by atoms with van der Waals surface area (Å²) in [5.41, 5.74) is -0.776. The first-order valence-electron chi connectivity index (χ1n) is 16.2.